The fraction of sp³-hybridized carbons (Fsp3) is 0.333. The van der Waals surface area contributed by atoms with Crippen molar-refractivity contribution in [2.45, 2.75) is 6.92 Å². The summed E-state index contributed by atoms with van der Waals surface area (Å²) in [4.78, 5) is 21.0. The van der Waals surface area contributed by atoms with E-state index in [0.29, 0.717) is 0 Å². The molecule has 0 spiro atoms. The zero-order valence-electron chi connectivity index (χ0n) is 5.88. The van der Waals surface area contributed by atoms with E-state index in [2.05, 4.69) is 4.74 Å². The van der Waals surface area contributed by atoms with E-state index in [4.69, 9.17) is 5.73 Å². The first-order valence-corrected chi connectivity index (χ1v) is 2.68. The average molecular weight is 143 g/mol. The zero-order chi connectivity index (χ0) is 8.15. The van der Waals surface area contributed by atoms with Gasteiger partial charge in [0.1, 0.15) is 5.57 Å². The predicted molar refractivity (Wildman–Crippen MR) is 35.0 cm³/mol. The number of primary amides is 1. The number of esters is 1. The van der Waals surface area contributed by atoms with Crippen molar-refractivity contribution in [2.24, 2.45) is 5.73 Å². The van der Waals surface area contributed by atoms with E-state index in [1.54, 1.807) is 0 Å². The van der Waals surface area contributed by atoms with Crippen LogP contribution in [0.5, 0.6) is 0 Å². The van der Waals surface area contributed by atoms with Crippen molar-refractivity contribution in [1.82, 2.24) is 0 Å². The highest BCUT2D eigenvalue weighted by atomic mass is 16.5. The second kappa shape index (κ2) is 3.66. The maximum atomic E-state index is 10.6. The van der Waals surface area contributed by atoms with Gasteiger partial charge in [-0.2, -0.15) is 0 Å². The third kappa shape index (κ3) is 1.89. The van der Waals surface area contributed by atoms with E-state index >= 15 is 0 Å². The molecule has 0 heterocycles. The van der Waals surface area contributed by atoms with Crippen molar-refractivity contribution in [3.8, 4) is 0 Å². The maximum Gasteiger partial charge on any atom is 0.343 e. The second-order valence-corrected chi connectivity index (χ2v) is 1.56. The molecule has 0 atom stereocenters. The molecule has 0 aliphatic carbocycles. The highest BCUT2D eigenvalue weighted by molar-refractivity contribution is 6.15. The van der Waals surface area contributed by atoms with Crippen molar-refractivity contribution in [3.63, 3.8) is 0 Å². The largest absolute Gasteiger partial charge is 0.465 e. The van der Waals surface area contributed by atoms with Crippen LogP contribution in [0.3, 0.4) is 0 Å². The van der Waals surface area contributed by atoms with Crippen LogP contribution in [0.15, 0.2) is 11.6 Å². The minimum absolute atomic E-state index is 0.123. The number of rotatable bonds is 2. The van der Waals surface area contributed by atoms with E-state index in [-0.39, 0.29) is 5.57 Å². The molecule has 56 valence electrons. The van der Waals surface area contributed by atoms with Gasteiger partial charge in [-0.1, -0.05) is 6.08 Å². The van der Waals surface area contributed by atoms with Gasteiger partial charge in [0.25, 0.3) is 5.91 Å². The number of carbonyl (C=O) groups is 2. The fourth-order valence-corrected chi connectivity index (χ4v) is 0.471. The Hall–Kier alpha value is -1.32. The molecule has 1 amide bonds. The van der Waals surface area contributed by atoms with Crippen LogP contribution in [0.2, 0.25) is 0 Å². The van der Waals surface area contributed by atoms with Crippen LogP contribution in [-0.4, -0.2) is 19.0 Å². The van der Waals surface area contributed by atoms with E-state index in [9.17, 15) is 9.59 Å². The highest BCUT2D eigenvalue weighted by Crippen LogP contribution is 1.94. The number of hydrogen-bond acceptors (Lipinski definition) is 3. The minimum atomic E-state index is -0.769. The third-order valence-electron chi connectivity index (χ3n) is 0.959. The van der Waals surface area contributed by atoms with E-state index < -0.39 is 11.9 Å². The Kier molecular flexibility index (Phi) is 3.17. The Morgan fingerprint density at radius 1 is 1.50 bits per heavy atom. The molecule has 0 saturated heterocycles. The predicted octanol–water partition coefficient (Wildman–Crippen LogP) is -0.409. The summed E-state index contributed by atoms with van der Waals surface area (Å²) in [7, 11) is 1.19. The van der Waals surface area contributed by atoms with E-state index in [1.807, 2.05) is 0 Å². The van der Waals surface area contributed by atoms with Crippen LogP contribution in [0.1, 0.15) is 6.92 Å². The molecule has 4 nitrogen and oxygen atoms in total. The number of amides is 1. The first-order valence-electron chi connectivity index (χ1n) is 2.68. The van der Waals surface area contributed by atoms with Crippen LogP contribution in [0.25, 0.3) is 0 Å². The summed E-state index contributed by atoms with van der Waals surface area (Å²) in [5, 5.41) is 0. The quantitative estimate of drug-likeness (QED) is 0.247. The first-order chi connectivity index (χ1) is 4.63. The van der Waals surface area contributed by atoms with Crippen LogP contribution >= 0.6 is 0 Å². The number of methoxy groups -OCH3 is 1. The SMILES string of the molecule is C/C=C(\C(N)=O)C(=O)OC. The smallest absolute Gasteiger partial charge is 0.343 e. The number of ether oxygens (including phenoxy) is 1. The highest BCUT2D eigenvalue weighted by Gasteiger charge is 2.13. The monoisotopic (exact) mass is 143 g/mol. The first kappa shape index (κ1) is 8.68. The lowest BCUT2D eigenvalue weighted by atomic mass is 10.2. The summed E-state index contributed by atoms with van der Waals surface area (Å²) < 4.78 is 4.26. The molecule has 0 radical (unpaired) electrons. The molecule has 0 fully saturated rings. The standard InChI is InChI=1S/C6H9NO3/c1-3-4(5(7)8)6(9)10-2/h3H,1-2H3,(H2,7,8)/b4-3+. The Bertz CT molecular complexity index is 183. The molecule has 0 aliphatic heterocycles. The zero-order valence-corrected chi connectivity index (χ0v) is 5.88. The van der Waals surface area contributed by atoms with E-state index in [0.717, 1.165) is 0 Å². The van der Waals surface area contributed by atoms with E-state index in [1.165, 1.54) is 20.1 Å². The van der Waals surface area contributed by atoms with Gasteiger partial charge in [0, 0.05) is 0 Å². The second-order valence-electron chi connectivity index (χ2n) is 1.56. The van der Waals surface area contributed by atoms with Gasteiger partial charge in [0.15, 0.2) is 0 Å². The number of allylic oxidation sites excluding steroid dienone is 1. The van der Waals surface area contributed by atoms with Crippen molar-refractivity contribution < 1.29 is 14.3 Å². The Morgan fingerprint density at radius 2 is 2.00 bits per heavy atom. The van der Waals surface area contributed by atoms with Crippen LogP contribution in [0.4, 0.5) is 0 Å². The average Bonchev–Trinajstić information content (AvgIpc) is 1.88. The summed E-state index contributed by atoms with van der Waals surface area (Å²) >= 11 is 0. The normalized spacial score (nSPS) is 10.8. The molecule has 0 aromatic rings. The van der Waals surface area contributed by atoms with Crippen LogP contribution < -0.4 is 5.73 Å². The lowest BCUT2D eigenvalue weighted by Gasteiger charge is -1.97. The Balaban J connectivity index is 4.39. The molecule has 0 aromatic heterocycles. The van der Waals surface area contributed by atoms with Crippen LogP contribution in [0, 0.1) is 0 Å². The van der Waals surface area contributed by atoms with Gasteiger partial charge in [-0.3, -0.25) is 4.79 Å². The van der Waals surface area contributed by atoms with Crippen molar-refractivity contribution >= 4 is 11.9 Å². The molecule has 0 rings (SSSR count). The minimum Gasteiger partial charge on any atom is -0.465 e. The molecule has 0 saturated carbocycles. The molecule has 0 aromatic carbocycles. The van der Waals surface area contributed by atoms with Gasteiger partial charge < -0.3 is 10.5 Å². The molecule has 10 heavy (non-hydrogen) atoms. The number of carbonyl (C=O) groups excluding carboxylic acids is 2. The summed E-state index contributed by atoms with van der Waals surface area (Å²) in [6.45, 7) is 1.54. The van der Waals surface area contributed by atoms with Crippen LogP contribution in [-0.2, 0) is 14.3 Å². The van der Waals surface area contributed by atoms with Crippen molar-refractivity contribution in [3.05, 3.63) is 11.6 Å². The maximum absolute atomic E-state index is 10.6. The van der Waals surface area contributed by atoms with Gasteiger partial charge in [0.05, 0.1) is 7.11 Å². The van der Waals surface area contributed by atoms with Crippen molar-refractivity contribution in [2.75, 3.05) is 7.11 Å². The lowest BCUT2D eigenvalue weighted by Crippen LogP contribution is -2.21. The summed E-state index contributed by atoms with van der Waals surface area (Å²) in [6, 6.07) is 0. The van der Waals surface area contributed by atoms with Gasteiger partial charge in [-0.05, 0) is 6.92 Å². The molecule has 0 bridgehead atoms. The third-order valence-corrected chi connectivity index (χ3v) is 0.959. The fourth-order valence-electron chi connectivity index (χ4n) is 0.471. The summed E-state index contributed by atoms with van der Waals surface area (Å²) in [5.41, 5.74) is 4.69. The van der Waals surface area contributed by atoms with Gasteiger partial charge in [-0.25, -0.2) is 4.79 Å². The molecule has 0 aliphatic rings. The summed E-state index contributed by atoms with van der Waals surface area (Å²) in [5.74, 6) is -1.47. The lowest BCUT2D eigenvalue weighted by molar-refractivity contribution is -0.137. The molecule has 4 heteroatoms. The van der Waals surface area contributed by atoms with Gasteiger partial charge in [0.2, 0.25) is 0 Å². The molecular weight excluding hydrogens is 134 g/mol. The molecular formula is C6H9NO3. The number of hydrogen-bond donors (Lipinski definition) is 1. The molecule has 0 unspecified atom stereocenters. The summed E-state index contributed by atoms with van der Waals surface area (Å²) in [6.07, 6.45) is 1.31. The van der Waals surface area contributed by atoms with Crippen molar-refractivity contribution in [1.29, 1.82) is 0 Å². The van der Waals surface area contributed by atoms with Gasteiger partial charge in [-0.15, -0.1) is 0 Å². The molecule has 2 N–H and O–H groups in total. The Morgan fingerprint density at radius 3 is 2.10 bits per heavy atom. The van der Waals surface area contributed by atoms with Gasteiger partial charge >= 0.3 is 5.97 Å². The topological polar surface area (TPSA) is 69.4 Å². The Labute approximate surface area is 58.7 Å². The number of nitrogens with two attached hydrogens (primary N) is 1.